The molecule has 0 saturated carbocycles. The van der Waals surface area contributed by atoms with E-state index in [1.165, 1.54) is 29.2 Å². The molecule has 1 saturated heterocycles. The molecular weight excluding hydrogens is 410 g/mol. The predicted octanol–water partition coefficient (Wildman–Crippen LogP) is 4.01. The number of ether oxygens (including phenoxy) is 1. The lowest BCUT2D eigenvalue weighted by Gasteiger charge is -2.33. The van der Waals surface area contributed by atoms with Crippen LogP contribution in [0.3, 0.4) is 0 Å². The minimum Gasteiger partial charge on any atom is -0.494 e. The van der Waals surface area contributed by atoms with Crippen LogP contribution < -0.4 is 9.64 Å². The van der Waals surface area contributed by atoms with Gasteiger partial charge in [0.1, 0.15) is 11.4 Å². The largest absolute Gasteiger partial charge is 0.494 e. The van der Waals surface area contributed by atoms with Crippen LogP contribution in [0.1, 0.15) is 32.3 Å². The summed E-state index contributed by atoms with van der Waals surface area (Å²) in [5.41, 5.74) is 1.54. The minimum atomic E-state index is -0.487. The summed E-state index contributed by atoms with van der Waals surface area (Å²) >= 11 is 0. The van der Waals surface area contributed by atoms with E-state index in [1.807, 2.05) is 11.8 Å². The SMILES string of the molecule is CCOc1ccc(N2C(=O)C(c3ccc([N+](=O)[O-])cc3)=C(N3CCCC(C)C3)C2=O)cc1. The molecule has 8 heteroatoms. The highest BCUT2D eigenvalue weighted by molar-refractivity contribution is 6.45. The summed E-state index contributed by atoms with van der Waals surface area (Å²) < 4.78 is 5.46. The van der Waals surface area contributed by atoms with Crippen LogP contribution in [-0.4, -0.2) is 41.3 Å². The number of carbonyl (C=O) groups is 2. The first-order valence-electron chi connectivity index (χ1n) is 10.8. The summed E-state index contributed by atoms with van der Waals surface area (Å²) in [6.45, 7) is 5.90. The monoisotopic (exact) mass is 435 g/mol. The fourth-order valence-electron chi connectivity index (χ4n) is 4.31. The third-order valence-corrected chi connectivity index (χ3v) is 5.81. The molecule has 1 unspecified atom stereocenters. The number of anilines is 1. The number of carbonyl (C=O) groups excluding carboxylic acids is 2. The van der Waals surface area contributed by atoms with Gasteiger partial charge in [-0.2, -0.15) is 0 Å². The van der Waals surface area contributed by atoms with Crippen LogP contribution in [-0.2, 0) is 9.59 Å². The number of rotatable bonds is 6. The van der Waals surface area contributed by atoms with E-state index in [1.54, 1.807) is 24.3 Å². The van der Waals surface area contributed by atoms with Crippen molar-refractivity contribution in [2.45, 2.75) is 26.7 Å². The Kier molecular flexibility index (Phi) is 5.94. The van der Waals surface area contributed by atoms with E-state index in [4.69, 9.17) is 4.74 Å². The van der Waals surface area contributed by atoms with E-state index >= 15 is 0 Å². The van der Waals surface area contributed by atoms with Gasteiger partial charge in [-0.15, -0.1) is 0 Å². The van der Waals surface area contributed by atoms with Gasteiger partial charge in [0.15, 0.2) is 0 Å². The zero-order chi connectivity index (χ0) is 22.8. The Hall–Kier alpha value is -3.68. The van der Waals surface area contributed by atoms with Crippen molar-refractivity contribution in [3.05, 3.63) is 69.9 Å². The van der Waals surface area contributed by atoms with Crippen molar-refractivity contribution in [1.82, 2.24) is 4.90 Å². The topological polar surface area (TPSA) is 93.0 Å². The first-order chi connectivity index (χ1) is 15.4. The van der Waals surface area contributed by atoms with Crippen LogP contribution in [0.2, 0.25) is 0 Å². The lowest BCUT2D eigenvalue weighted by molar-refractivity contribution is -0.384. The Morgan fingerprint density at radius 2 is 1.75 bits per heavy atom. The van der Waals surface area contributed by atoms with Crippen LogP contribution in [0.25, 0.3) is 5.57 Å². The standard InChI is InChI=1S/C24H25N3O5/c1-3-32-20-12-10-18(11-13-20)26-23(28)21(17-6-8-19(9-7-17)27(30)31)22(24(26)29)25-14-4-5-16(2)15-25/h6-13,16H,3-5,14-15H2,1-2H3. The van der Waals surface area contributed by atoms with Crippen LogP contribution in [0.15, 0.2) is 54.2 Å². The number of amides is 2. The van der Waals surface area contributed by atoms with E-state index in [2.05, 4.69) is 6.92 Å². The van der Waals surface area contributed by atoms with Gasteiger partial charge in [0, 0.05) is 25.2 Å². The van der Waals surface area contributed by atoms with Gasteiger partial charge >= 0.3 is 0 Å². The summed E-state index contributed by atoms with van der Waals surface area (Å²) in [7, 11) is 0. The summed E-state index contributed by atoms with van der Waals surface area (Å²) in [4.78, 5) is 40.8. The van der Waals surface area contributed by atoms with E-state index in [0.717, 1.165) is 12.8 Å². The number of piperidine rings is 1. The first kappa shape index (κ1) is 21.5. The van der Waals surface area contributed by atoms with Crippen molar-refractivity contribution in [2.24, 2.45) is 5.92 Å². The fourth-order valence-corrected chi connectivity index (χ4v) is 4.31. The first-order valence-corrected chi connectivity index (χ1v) is 10.8. The number of non-ortho nitro benzene ring substituents is 1. The molecule has 1 atom stereocenters. The van der Waals surface area contributed by atoms with Gasteiger partial charge < -0.3 is 9.64 Å². The van der Waals surface area contributed by atoms with Gasteiger partial charge in [-0.1, -0.05) is 6.92 Å². The number of likely N-dealkylation sites (tertiary alicyclic amines) is 1. The highest BCUT2D eigenvalue weighted by Gasteiger charge is 2.43. The number of imide groups is 1. The summed E-state index contributed by atoms with van der Waals surface area (Å²) in [5.74, 6) is 0.253. The second kappa shape index (κ2) is 8.82. The van der Waals surface area contributed by atoms with E-state index in [9.17, 15) is 19.7 Å². The lowest BCUT2D eigenvalue weighted by Crippen LogP contribution is -2.39. The minimum absolute atomic E-state index is 0.0670. The van der Waals surface area contributed by atoms with Gasteiger partial charge in [-0.25, -0.2) is 4.90 Å². The normalized spacial score (nSPS) is 19.0. The molecule has 2 amide bonds. The number of nitro benzene ring substituents is 1. The van der Waals surface area contributed by atoms with E-state index < -0.39 is 10.8 Å². The second-order valence-corrected chi connectivity index (χ2v) is 8.09. The van der Waals surface area contributed by atoms with Gasteiger partial charge in [0.05, 0.1) is 22.8 Å². The fraction of sp³-hybridized carbons (Fsp3) is 0.333. The van der Waals surface area contributed by atoms with Gasteiger partial charge in [-0.05, 0) is 67.6 Å². The third kappa shape index (κ3) is 3.95. The molecule has 1 fully saturated rings. The molecule has 2 aromatic rings. The van der Waals surface area contributed by atoms with Gasteiger partial charge in [0.2, 0.25) is 0 Å². The zero-order valence-electron chi connectivity index (χ0n) is 18.1. The lowest BCUT2D eigenvalue weighted by atomic mass is 9.97. The average Bonchev–Trinajstić information content (AvgIpc) is 3.04. The highest BCUT2D eigenvalue weighted by Crippen LogP contribution is 2.37. The maximum Gasteiger partial charge on any atom is 0.282 e. The molecule has 0 aromatic heterocycles. The Balaban J connectivity index is 1.76. The molecule has 0 spiro atoms. The Bertz CT molecular complexity index is 1080. The number of nitrogens with zero attached hydrogens (tertiary/aromatic N) is 3. The number of benzene rings is 2. The molecule has 32 heavy (non-hydrogen) atoms. The summed E-state index contributed by atoms with van der Waals surface area (Å²) in [6, 6.07) is 12.6. The number of hydrogen-bond donors (Lipinski definition) is 0. The highest BCUT2D eigenvalue weighted by atomic mass is 16.6. The number of hydrogen-bond acceptors (Lipinski definition) is 6. The molecule has 0 bridgehead atoms. The molecule has 0 aliphatic carbocycles. The summed E-state index contributed by atoms with van der Waals surface area (Å²) in [5, 5.41) is 11.1. The molecule has 2 aliphatic rings. The van der Waals surface area contributed by atoms with E-state index in [-0.39, 0.29) is 17.2 Å². The zero-order valence-corrected chi connectivity index (χ0v) is 18.1. The van der Waals surface area contributed by atoms with Crippen molar-refractivity contribution in [2.75, 3.05) is 24.6 Å². The summed E-state index contributed by atoms with van der Waals surface area (Å²) in [6.07, 6.45) is 2.00. The molecule has 8 nitrogen and oxygen atoms in total. The van der Waals surface area contributed by atoms with Gasteiger partial charge in [0.25, 0.3) is 17.5 Å². The Labute approximate surface area is 186 Å². The maximum atomic E-state index is 13.6. The van der Waals surface area contributed by atoms with Crippen LogP contribution in [0, 0.1) is 16.0 Å². The van der Waals surface area contributed by atoms with Crippen molar-refractivity contribution in [3.8, 4) is 5.75 Å². The van der Waals surface area contributed by atoms with Crippen LogP contribution >= 0.6 is 0 Å². The van der Waals surface area contributed by atoms with E-state index in [0.29, 0.717) is 48.3 Å². The maximum absolute atomic E-state index is 13.6. The molecule has 4 rings (SSSR count). The van der Waals surface area contributed by atoms with Crippen molar-refractivity contribution >= 4 is 28.8 Å². The Morgan fingerprint density at radius 1 is 1.06 bits per heavy atom. The smallest absolute Gasteiger partial charge is 0.282 e. The van der Waals surface area contributed by atoms with Crippen LogP contribution in [0.4, 0.5) is 11.4 Å². The van der Waals surface area contributed by atoms with Crippen molar-refractivity contribution in [1.29, 1.82) is 0 Å². The predicted molar refractivity (Wildman–Crippen MR) is 120 cm³/mol. The van der Waals surface area contributed by atoms with Crippen molar-refractivity contribution in [3.63, 3.8) is 0 Å². The Morgan fingerprint density at radius 3 is 2.34 bits per heavy atom. The molecule has 0 N–H and O–H groups in total. The molecule has 166 valence electrons. The molecule has 2 aliphatic heterocycles. The molecule has 2 aromatic carbocycles. The van der Waals surface area contributed by atoms with Crippen molar-refractivity contribution < 1.29 is 19.2 Å². The number of nitro groups is 1. The molecular formula is C24H25N3O5. The van der Waals surface area contributed by atoms with Gasteiger partial charge in [-0.3, -0.25) is 19.7 Å². The molecule has 0 radical (unpaired) electrons. The molecule has 2 heterocycles. The average molecular weight is 435 g/mol. The quantitative estimate of drug-likeness (QED) is 0.387. The van der Waals surface area contributed by atoms with Crippen LogP contribution in [0.5, 0.6) is 5.75 Å². The second-order valence-electron chi connectivity index (χ2n) is 8.09. The third-order valence-electron chi connectivity index (χ3n) is 5.81.